The van der Waals surface area contributed by atoms with E-state index in [0.717, 1.165) is 35.6 Å². The molecule has 3 atom stereocenters. The largest absolute Gasteiger partial charge is 0.349 e. The molecule has 1 fully saturated rings. The standard InChI is InChI=1S/C25H33N7O4S/c1-14-5-8-20(26-12-14)30-22(34)21(33)27-16-7-6-15(25(36)31(2)3)11-18(16)28-23(35)24-29-17-9-10-32(4)13-19(17)37-24/h5,8,12,15-16,18H,6-7,9-11,13H2,1-4H3,(H,27,33)(H,28,35)(H,26,30,34)/t15?,16-,18+/m0/s1. The Morgan fingerprint density at radius 1 is 1.08 bits per heavy atom. The van der Waals surface area contributed by atoms with Crippen LogP contribution in [0.25, 0.3) is 0 Å². The van der Waals surface area contributed by atoms with Crippen molar-refractivity contribution in [3.63, 3.8) is 0 Å². The third-order valence-corrected chi connectivity index (χ3v) is 7.83. The van der Waals surface area contributed by atoms with Crippen LogP contribution in [0.15, 0.2) is 18.3 Å². The van der Waals surface area contributed by atoms with Crippen molar-refractivity contribution in [1.82, 2.24) is 30.4 Å². The first-order valence-corrected chi connectivity index (χ1v) is 13.2. The van der Waals surface area contributed by atoms with Gasteiger partial charge in [-0.2, -0.15) is 0 Å². The molecule has 0 bridgehead atoms. The van der Waals surface area contributed by atoms with E-state index in [1.807, 2.05) is 14.0 Å². The summed E-state index contributed by atoms with van der Waals surface area (Å²) in [5, 5.41) is 8.61. The summed E-state index contributed by atoms with van der Waals surface area (Å²) in [5.41, 5.74) is 1.88. The number of hydrogen-bond acceptors (Lipinski definition) is 8. The minimum absolute atomic E-state index is 0.0278. The average Bonchev–Trinajstić information content (AvgIpc) is 3.29. The number of anilines is 1. The van der Waals surface area contributed by atoms with Crippen molar-refractivity contribution in [3.8, 4) is 0 Å². The maximum Gasteiger partial charge on any atom is 0.314 e. The smallest absolute Gasteiger partial charge is 0.314 e. The molecule has 1 aliphatic carbocycles. The van der Waals surface area contributed by atoms with Gasteiger partial charge in [0, 0.05) is 56.6 Å². The quantitative estimate of drug-likeness (QED) is 0.493. The Balaban J connectivity index is 1.45. The van der Waals surface area contributed by atoms with Gasteiger partial charge in [-0.1, -0.05) is 6.07 Å². The van der Waals surface area contributed by atoms with E-state index in [0.29, 0.717) is 24.3 Å². The van der Waals surface area contributed by atoms with Gasteiger partial charge < -0.3 is 25.8 Å². The van der Waals surface area contributed by atoms with Crippen molar-refractivity contribution >= 4 is 40.8 Å². The van der Waals surface area contributed by atoms with Gasteiger partial charge in [-0.25, -0.2) is 9.97 Å². The second-order valence-electron chi connectivity index (χ2n) is 9.95. The lowest BCUT2D eigenvalue weighted by atomic mass is 9.81. The van der Waals surface area contributed by atoms with E-state index < -0.39 is 23.9 Å². The van der Waals surface area contributed by atoms with Gasteiger partial charge in [0.1, 0.15) is 5.82 Å². The second kappa shape index (κ2) is 11.3. The molecule has 11 nitrogen and oxygen atoms in total. The first kappa shape index (κ1) is 26.7. The van der Waals surface area contributed by atoms with Gasteiger partial charge in [0.15, 0.2) is 5.01 Å². The summed E-state index contributed by atoms with van der Waals surface area (Å²) in [7, 11) is 5.43. The first-order chi connectivity index (χ1) is 17.6. The SMILES string of the molecule is Cc1ccc(NC(=O)C(=O)N[C@H]2CCC(C(=O)N(C)C)C[C@H]2NC(=O)c2nc3c(s2)CN(C)CC3)nc1. The fourth-order valence-corrected chi connectivity index (χ4v) is 5.78. The van der Waals surface area contributed by atoms with Crippen LogP contribution in [-0.2, 0) is 27.3 Å². The lowest BCUT2D eigenvalue weighted by Crippen LogP contribution is -2.57. The third-order valence-electron chi connectivity index (χ3n) is 6.75. The Bertz CT molecular complexity index is 1180. The normalized spacial score (nSPS) is 21.5. The molecule has 0 radical (unpaired) electrons. The molecule has 37 heavy (non-hydrogen) atoms. The molecule has 2 aromatic heterocycles. The van der Waals surface area contributed by atoms with E-state index in [9.17, 15) is 19.2 Å². The maximum atomic E-state index is 13.2. The highest BCUT2D eigenvalue weighted by atomic mass is 32.1. The number of aryl methyl sites for hydroxylation is 1. The lowest BCUT2D eigenvalue weighted by molar-refractivity contribution is -0.137. The van der Waals surface area contributed by atoms with Crippen molar-refractivity contribution in [3.05, 3.63) is 39.5 Å². The molecular weight excluding hydrogens is 494 g/mol. The van der Waals surface area contributed by atoms with Crippen molar-refractivity contribution in [2.75, 3.05) is 33.0 Å². The van der Waals surface area contributed by atoms with Crippen LogP contribution in [-0.4, -0.2) is 83.2 Å². The lowest BCUT2D eigenvalue weighted by Gasteiger charge is -2.37. The zero-order valence-electron chi connectivity index (χ0n) is 21.5. The minimum Gasteiger partial charge on any atom is -0.349 e. The fourth-order valence-electron chi connectivity index (χ4n) is 4.69. The van der Waals surface area contributed by atoms with Crippen LogP contribution in [0.1, 0.15) is 45.2 Å². The van der Waals surface area contributed by atoms with E-state index in [-0.39, 0.29) is 23.6 Å². The number of likely N-dealkylation sites (N-methyl/N-ethyl adjacent to an activating group) is 1. The summed E-state index contributed by atoms with van der Waals surface area (Å²) in [6.45, 7) is 3.52. The predicted octanol–water partition coefficient (Wildman–Crippen LogP) is 0.945. The van der Waals surface area contributed by atoms with Gasteiger partial charge in [0.25, 0.3) is 5.91 Å². The van der Waals surface area contributed by atoms with Gasteiger partial charge >= 0.3 is 11.8 Å². The van der Waals surface area contributed by atoms with Crippen molar-refractivity contribution < 1.29 is 19.2 Å². The summed E-state index contributed by atoms with van der Waals surface area (Å²) in [4.78, 5) is 64.5. The van der Waals surface area contributed by atoms with Crippen LogP contribution in [0, 0.1) is 12.8 Å². The summed E-state index contributed by atoms with van der Waals surface area (Å²) in [6.07, 6.45) is 3.71. The van der Waals surface area contributed by atoms with Gasteiger partial charge in [-0.15, -0.1) is 11.3 Å². The monoisotopic (exact) mass is 527 g/mol. The van der Waals surface area contributed by atoms with E-state index in [1.54, 1.807) is 32.4 Å². The molecule has 1 aliphatic heterocycles. The van der Waals surface area contributed by atoms with Gasteiger partial charge in [0.05, 0.1) is 11.7 Å². The minimum atomic E-state index is -0.843. The van der Waals surface area contributed by atoms with E-state index >= 15 is 0 Å². The van der Waals surface area contributed by atoms with Crippen LogP contribution < -0.4 is 16.0 Å². The van der Waals surface area contributed by atoms with Gasteiger partial charge in [-0.3, -0.25) is 19.2 Å². The van der Waals surface area contributed by atoms with E-state index in [1.165, 1.54) is 16.2 Å². The highest BCUT2D eigenvalue weighted by Crippen LogP contribution is 2.28. The zero-order chi connectivity index (χ0) is 26.7. The molecule has 0 spiro atoms. The topological polar surface area (TPSA) is 137 Å². The number of nitrogens with one attached hydrogen (secondary N) is 3. The van der Waals surface area contributed by atoms with Crippen molar-refractivity contribution in [2.24, 2.45) is 5.92 Å². The van der Waals surface area contributed by atoms with Crippen LogP contribution in [0.2, 0.25) is 0 Å². The zero-order valence-corrected chi connectivity index (χ0v) is 22.4. The van der Waals surface area contributed by atoms with Crippen LogP contribution >= 0.6 is 11.3 Å². The Kier molecular flexibility index (Phi) is 8.18. The summed E-state index contributed by atoms with van der Waals surface area (Å²) >= 11 is 1.37. The Morgan fingerprint density at radius 2 is 1.86 bits per heavy atom. The molecule has 4 rings (SSSR count). The molecule has 2 aliphatic rings. The van der Waals surface area contributed by atoms with Crippen molar-refractivity contribution in [2.45, 2.75) is 51.2 Å². The number of nitrogens with zero attached hydrogens (tertiary/aromatic N) is 4. The Labute approximate surface area is 220 Å². The second-order valence-corrected chi connectivity index (χ2v) is 11.0. The highest BCUT2D eigenvalue weighted by molar-refractivity contribution is 7.13. The van der Waals surface area contributed by atoms with Crippen molar-refractivity contribution in [1.29, 1.82) is 0 Å². The van der Waals surface area contributed by atoms with E-state index in [2.05, 4.69) is 30.8 Å². The molecule has 0 saturated heterocycles. The Hall–Kier alpha value is -3.38. The number of pyridine rings is 1. The maximum absolute atomic E-state index is 13.2. The predicted molar refractivity (Wildman–Crippen MR) is 139 cm³/mol. The molecule has 2 aromatic rings. The number of amides is 4. The molecule has 4 amide bonds. The highest BCUT2D eigenvalue weighted by Gasteiger charge is 2.37. The molecule has 1 saturated carbocycles. The van der Waals surface area contributed by atoms with Gasteiger partial charge in [-0.05, 0) is 44.9 Å². The molecule has 1 unspecified atom stereocenters. The summed E-state index contributed by atoms with van der Waals surface area (Å²) in [5.74, 6) is -2.05. The first-order valence-electron chi connectivity index (χ1n) is 12.3. The van der Waals surface area contributed by atoms with Crippen LogP contribution in [0.4, 0.5) is 5.82 Å². The third kappa shape index (κ3) is 6.50. The molecule has 0 aromatic carbocycles. The number of rotatable bonds is 5. The number of hydrogen-bond donors (Lipinski definition) is 3. The molecule has 3 heterocycles. The number of carbonyl (C=O) groups excluding carboxylic acids is 4. The summed E-state index contributed by atoms with van der Waals surface area (Å²) < 4.78 is 0. The average molecular weight is 528 g/mol. The summed E-state index contributed by atoms with van der Waals surface area (Å²) in [6, 6.07) is 2.35. The molecular formula is C25H33N7O4S. The number of thiazole rings is 1. The Morgan fingerprint density at radius 3 is 2.57 bits per heavy atom. The number of aromatic nitrogens is 2. The molecule has 12 heteroatoms. The van der Waals surface area contributed by atoms with E-state index in [4.69, 9.17) is 0 Å². The molecule has 198 valence electrons. The van der Waals surface area contributed by atoms with Crippen LogP contribution in [0.3, 0.4) is 0 Å². The number of carbonyl (C=O) groups is 4. The number of fused-ring (bicyclic) bond motifs is 1. The van der Waals surface area contributed by atoms with Gasteiger partial charge in [0.2, 0.25) is 5.91 Å². The fraction of sp³-hybridized carbons (Fsp3) is 0.520. The molecule has 3 N–H and O–H groups in total. The van der Waals surface area contributed by atoms with Crippen LogP contribution in [0.5, 0.6) is 0 Å².